The van der Waals surface area contributed by atoms with E-state index >= 15 is 0 Å². The molecule has 2 heterocycles. The molecule has 2 bridgehead atoms. The van der Waals surface area contributed by atoms with Gasteiger partial charge >= 0.3 is 0 Å². The van der Waals surface area contributed by atoms with Gasteiger partial charge < -0.3 is 14.2 Å². The van der Waals surface area contributed by atoms with Gasteiger partial charge in [0, 0.05) is 18.8 Å². The molecular weight excluding hydrogens is 180 g/mol. The highest BCUT2D eigenvalue weighted by Crippen LogP contribution is 2.47. The lowest BCUT2D eigenvalue weighted by Gasteiger charge is -2.25. The summed E-state index contributed by atoms with van der Waals surface area (Å²) < 4.78 is 16.4. The zero-order valence-electron chi connectivity index (χ0n) is 8.28. The second kappa shape index (κ2) is 3.65. The fourth-order valence-electron chi connectivity index (χ4n) is 2.41. The van der Waals surface area contributed by atoms with Crippen molar-refractivity contribution in [3.05, 3.63) is 25.7 Å². The van der Waals surface area contributed by atoms with Crippen LogP contribution in [0.1, 0.15) is 19.3 Å². The van der Waals surface area contributed by atoms with E-state index in [1.165, 1.54) is 12.5 Å². The van der Waals surface area contributed by atoms with Crippen molar-refractivity contribution in [2.75, 3.05) is 6.61 Å². The molecule has 2 saturated heterocycles. The molecular formula is C11H16O3. The summed E-state index contributed by atoms with van der Waals surface area (Å²) in [6.45, 7) is 7.78. The number of ether oxygens (including phenoxy) is 3. The number of rotatable bonds is 5. The molecule has 3 atom stereocenters. The first-order chi connectivity index (χ1) is 6.79. The quantitative estimate of drug-likeness (QED) is 0.631. The van der Waals surface area contributed by atoms with Gasteiger partial charge in [0.15, 0.2) is 0 Å². The molecule has 2 rings (SSSR count). The predicted octanol–water partition coefficient (Wildman–Crippen LogP) is 2.20. The summed E-state index contributed by atoms with van der Waals surface area (Å²) in [5.74, 6) is 0.0310. The van der Waals surface area contributed by atoms with E-state index in [0.29, 0.717) is 12.5 Å². The van der Waals surface area contributed by atoms with Gasteiger partial charge in [-0.05, 0) is 6.42 Å². The largest absolute Gasteiger partial charge is 0.501 e. The highest BCUT2D eigenvalue weighted by atomic mass is 16.7. The molecule has 78 valence electrons. The van der Waals surface area contributed by atoms with Crippen molar-refractivity contribution in [1.29, 1.82) is 0 Å². The van der Waals surface area contributed by atoms with Crippen molar-refractivity contribution < 1.29 is 14.2 Å². The summed E-state index contributed by atoms with van der Waals surface area (Å²) in [5.41, 5.74) is 0. The van der Waals surface area contributed by atoms with Gasteiger partial charge in [0.05, 0.1) is 25.2 Å². The second-order valence-corrected chi connectivity index (χ2v) is 3.85. The van der Waals surface area contributed by atoms with Gasteiger partial charge in [0.2, 0.25) is 5.79 Å². The Balaban J connectivity index is 1.94. The Bertz CT molecular complexity index is 239. The first kappa shape index (κ1) is 9.59. The van der Waals surface area contributed by atoms with Crippen molar-refractivity contribution in [3.63, 3.8) is 0 Å². The molecule has 0 radical (unpaired) electrons. The van der Waals surface area contributed by atoms with Gasteiger partial charge in [-0.3, -0.25) is 0 Å². The lowest BCUT2D eigenvalue weighted by atomic mass is 9.88. The summed E-state index contributed by atoms with van der Waals surface area (Å²) in [4.78, 5) is 0. The maximum atomic E-state index is 5.80. The van der Waals surface area contributed by atoms with E-state index in [2.05, 4.69) is 13.2 Å². The van der Waals surface area contributed by atoms with E-state index in [1.807, 2.05) is 0 Å². The van der Waals surface area contributed by atoms with E-state index in [9.17, 15) is 0 Å². The first-order valence-corrected chi connectivity index (χ1v) is 4.99. The average molecular weight is 196 g/mol. The molecule has 0 aliphatic carbocycles. The molecule has 3 heteroatoms. The monoisotopic (exact) mass is 196 g/mol. The van der Waals surface area contributed by atoms with Gasteiger partial charge in [-0.1, -0.05) is 13.2 Å². The predicted molar refractivity (Wildman–Crippen MR) is 52.4 cm³/mol. The van der Waals surface area contributed by atoms with E-state index in [0.717, 1.165) is 19.3 Å². The molecule has 3 nitrogen and oxygen atoms in total. The number of hydrogen-bond donors (Lipinski definition) is 0. The van der Waals surface area contributed by atoms with Crippen LogP contribution in [-0.4, -0.2) is 18.5 Å². The third-order valence-corrected chi connectivity index (χ3v) is 3.00. The molecule has 0 spiro atoms. The maximum absolute atomic E-state index is 5.80. The summed E-state index contributed by atoms with van der Waals surface area (Å²) >= 11 is 0. The smallest absolute Gasteiger partial charge is 0.210 e. The van der Waals surface area contributed by atoms with Crippen molar-refractivity contribution in [2.45, 2.75) is 31.2 Å². The molecule has 3 unspecified atom stereocenters. The molecule has 2 fully saturated rings. The van der Waals surface area contributed by atoms with Gasteiger partial charge in [0.25, 0.3) is 0 Å². The van der Waals surface area contributed by atoms with Gasteiger partial charge in [-0.15, -0.1) is 0 Å². The van der Waals surface area contributed by atoms with Crippen LogP contribution in [0.5, 0.6) is 0 Å². The van der Waals surface area contributed by atoms with E-state index < -0.39 is 5.79 Å². The number of hydrogen-bond acceptors (Lipinski definition) is 3. The molecule has 0 aromatic heterocycles. The van der Waals surface area contributed by atoms with Crippen LogP contribution in [0.4, 0.5) is 0 Å². The Labute approximate surface area is 84.3 Å². The zero-order chi connectivity index (χ0) is 10.0. The molecule has 0 aromatic carbocycles. The Hall–Kier alpha value is -0.960. The number of fused-ring (bicyclic) bond motifs is 2. The van der Waals surface area contributed by atoms with Crippen LogP contribution in [-0.2, 0) is 14.2 Å². The summed E-state index contributed by atoms with van der Waals surface area (Å²) in [5, 5.41) is 0. The minimum absolute atomic E-state index is 0.287. The van der Waals surface area contributed by atoms with Gasteiger partial charge in [-0.25, -0.2) is 0 Å². The van der Waals surface area contributed by atoms with Gasteiger partial charge in [-0.2, -0.15) is 0 Å². The van der Waals surface area contributed by atoms with Crippen LogP contribution < -0.4 is 0 Å². The zero-order valence-corrected chi connectivity index (χ0v) is 8.28. The maximum Gasteiger partial charge on any atom is 0.210 e. The normalized spacial score (nSPS) is 39.4. The SMILES string of the molecule is C=COCC1CC2(OC=C)CCC1O2. The summed E-state index contributed by atoms with van der Waals surface area (Å²) in [6.07, 6.45) is 6.16. The van der Waals surface area contributed by atoms with Crippen molar-refractivity contribution in [1.82, 2.24) is 0 Å². The summed E-state index contributed by atoms with van der Waals surface area (Å²) in [6, 6.07) is 0. The molecule has 0 N–H and O–H groups in total. The van der Waals surface area contributed by atoms with Crippen LogP contribution >= 0.6 is 0 Å². The third-order valence-electron chi connectivity index (χ3n) is 3.00. The Morgan fingerprint density at radius 1 is 1.43 bits per heavy atom. The van der Waals surface area contributed by atoms with Crippen molar-refractivity contribution >= 4 is 0 Å². The minimum Gasteiger partial charge on any atom is -0.501 e. The summed E-state index contributed by atoms with van der Waals surface area (Å²) in [7, 11) is 0. The lowest BCUT2D eigenvalue weighted by Crippen LogP contribution is -2.29. The standard InChI is InChI=1S/C11H16O3/c1-3-12-8-9-7-11(13-4-2)6-5-10(9)14-11/h3-4,9-10H,1-2,5-8H2. The fourth-order valence-corrected chi connectivity index (χ4v) is 2.41. The molecule has 14 heavy (non-hydrogen) atoms. The van der Waals surface area contributed by atoms with Crippen LogP contribution in [0.25, 0.3) is 0 Å². The Morgan fingerprint density at radius 3 is 3.00 bits per heavy atom. The Morgan fingerprint density at radius 2 is 2.29 bits per heavy atom. The highest BCUT2D eigenvalue weighted by Gasteiger charge is 2.53. The Kier molecular flexibility index (Phi) is 2.50. The van der Waals surface area contributed by atoms with Crippen molar-refractivity contribution in [3.8, 4) is 0 Å². The topological polar surface area (TPSA) is 27.7 Å². The molecule has 2 aliphatic rings. The third kappa shape index (κ3) is 1.52. The van der Waals surface area contributed by atoms with E-state index in [-0.39, 0.29) is 6.10 Å². The van der Waals surface area contributed by atoms with E-state index in [1.54, 1.807) is 0 Å². The highest BCUT2D eigenvalue weighted by molar-refractivity contribution is 4.96. The minimum atomic E-state index is -0.401. The molecule has 0 amide bonds. The second-order valence-electron chi connectivity index (χ2n) is 3.85. The molecule has 0 aromatic rings. The van der Waals surface area contributed by atoms with Crippen LogP contribution in [0.2, 0.25) is 0 Å². The molecule has 2 aliphatic heterocycles. The van der Waals surface area contributed by atoms with Crippen molar-refractivity contribution in [2.24, 2.45) is 5.92 Å². The average Bonchev–Trinajstić information content (AvgIpc) is 2.72. The van der Waals surface area contributed by atoms with Gasteiger partial charge in [0.1, 0.15) is 0 Å². The molecule has 0 saturated carbocycles. The fraction of sp³-hybridized carbons (Fsp3) is 0.636. The van der Waals surface area contributed by atoms with Crippen LogP contribution in [0, 0.1) is 5.92 Å². The van der Waals surface area contributed by atoms with Crippen LogP contribution in [0.3, 0.4) is 0 Å². The van der Waals surface area contributed by atoms with E-state index in [4.69, 9.17) is 14.2 Å². The van der Waals surface area contributed by atoms with Crippen LogP contribution in [0.15, 0.2) is 25.7 Å². The lowest BCUT2D eigenvalue weighted by molar-refractivity contribution is -0.162. The first-order valence-electron chi connectivity index (χ1n) is 4.99.